The first-order valence-corrected chi connectivity index (χ1v) is 20.6. The summed E-state index contributed by atoms with van der Waals surface area (Å²) in [7, 11) is 1.67. The van der Waals surface area contributed by atoms with E-state index in [9.17, 15) is 28.8 Å². The maximum absolute atomic E-state index is 14.0. The van der Waals surface area contributed by atoms with Crippen LogP contribution >= 0.6 is 0 Å². The van der Waals surface area contributed by atoms with Crippen LogP contribution in [-0.2, 0) is 28.8 Å². The lowest BCUT2D eigenvalue weighted by Gasteiger charge is -2.27. The van der Waals surface area contributed by atoms with Crippen LogP contribution in [0.4, 0.5) is 0 Å². The molecule has 0 aliphatic carbocycles. The van der Waals surface area contributed by atoms with E-state index in [1.165, 1.54) is 0 Å². The zero-order chi connectivity index (χ0) is 42.1. The van der Waals surface area contributed by atoms with Crippen molar-refractivity contribution in [3.63, 3.8) is 0 Å². The molecule has 20 N–H and O–H groups in total. The van der Waals surface area contributed by atoms with E-state index >= 15 is 0 Å². The first-order chi connectivity index (χ1) is 26.9. The van der Waals surface area contributed by atoms with E-state index < -0.39 is 65.8 Å². The number of hydrogen-bond donors (Lipinski definition) is 13. The highest BCUT2D eigenvalue weighted by atomic mass is 16.2. The molecule has 0 aromatic carbocycles. The molecule has 0 aliphatic heterocycles. The Hall–Kier alpha value is -3.46. The molecule has 0 radical (unpaired) electrons. The largest absolute Gasteiger partial charge is 0.368 e. The van der Waals surface area contributed by atoms with Crippen molar-refractivity contribution in [1.29, 1.82) is 0 Å². The lowest BCUT2D eigenvalue weighted by molar-refractivity contribution is -0.135. The predicted molar refractivity (Wildman–Crippen MR) is 219 cm³/mol. The van der Waals surface area contributed by atoms with Gasteiger partial charge in [0.1, 0.15) is 30.2 Å². The van der Waals surface area contributed by atoms with Crippen molar-refractivity contribution < 1.29 is 28.8 Å². The van der Waals surface area contributed by atoms with Crippen LogP contribution in [0, 0.1) is 0 Å². The third-order valence-corrected chi connectivity index (χ3v) is 9.54. The van der Waals surface area contributed by atoms with Crippen molar-refractivity contribution in [3.05, 3.63) is 0 Å². The van der Waals surface area contributed by atoms with Gasteiger partial charge in [0, 0.05) is 0 Å². The van der Waals surface area contributed by atoms with Crippen LogP contribution in [0.3, 0.4) is 0 Å². The second kappa shape index (κ2) is 33.7. The third-order valence-electron chi connectivity index (χ3n) is 9.54. The van der Waals surface area contributed by atoms with E-state index in [1.54, 1.807) is 7.05 Å². The molecular weight excluding hydrogens is 722 g/mol. The molecule has 0 saturated heterocycles. The van der Waals surface area contributed by atoms with Gasteiger partial charge in [-0.2, -0.15) is 0 Å². The maximum Gasteiger partial charge on any atom is 0.243 e. The van der Waals surface area contributed by atoms with Gasteiger partial charge in [-0.15, -0.1) is 0 Å². The lowest BCUT2D eigenvalue weighted by Crippen LogP contribution is -2.59. The van der Waals surface area contributed by atoms with Gasteiger partial charge in [0.05, 0.1) is 6.04 Å². The maximum atomic E-state index is 14.0. The SMILES string of the molecule is CN[C@@H](CCCCN)C(=O)N[C@@H](CCCCN)C(=O)N[C@@H](CCCCN)C(=O)N[C@@H](CCCCN)C(=O)N[C@@H](CCCCN)C(=O)N[C@@H](CCCCN)C(N)=O. The molecule has 19 nitrogen and oxygen atoms in total. The zero-order valence-electron chi connectivity index (χ0n) is 33.9. The lowest BCUT2D eigenvalue weighted by atomic mass is 10.0. The van der Waals surface area contributed by atoms with E-state index in [4.69, 9.17) is 40.1 Å². The fraction of sp³-hybridized carbons (Fsp3) is 0.838. The van der Waals surface area contributed by atoms with E-state index in [0.717, 1.165) is 12.8 Å². The highest BCUT2D eigenvalue weighted by Crippen LogP contribution is 2.11. The zero-order valence-corrected chi connectivity index (χ0v) is 33.9. The fourth-order valence-corrected chi connectivity index (χ4v) is 6.09. The van der Waals surface area contributed by atoms with E-state index in [-0.39, 0.29) is 25.2 Å². The number of hydrogen-bond acceptors (Lipinski definition) is 13. The monoisotopic (exact) mass is 800 g/mol. The highest BCUT2D eigenvalue weighted by molar-refractivity contribution is 5.96. The minimum absolute atomic E-state index is 0.200. The van der Waals surface area contributed by atoms with Crippen LogP contribution in [0.15, 0.2) is 0 Å². The van der Waals surface area contributed by atoms with Gasteiger partial charge in [-0.05, 0) is 155 Å². The van der Waals surface area contributed by atoms with Crippen LogP contribution < -0.4 is 72.0 Å². The minimum Gasteiger partial charge on any atom is -0.368 e. The van der Waals surface area contributed by atoms with Crippen molar-refractivity contribution in [1.82, 2.24) is 31.9 Å². The normalized spacial score (nSPS) is 14.4. The molecule has 6 amide bonds. The van der Waals surface area contributed by atoms with Gasteiger partial charge in [0.15, 0.2) is 0 Å². The molecule has 19 heteroatoms. The quantitative estimate of drug-likeness (QED) is 0.0287. The summed E-state index contributed by atoms with van der Waals surface area (Å²) >= 11 is 0. The standard InChI is InChI=1S/C37H77N13O6/c1-45-27(15-3-9-21-39)33(52)47-29(17-5-11-23-41)35(54)49-31(19-7-13-25-43)37(56)50-30(18-6-12-24-42)36(55)48-28(16-4-10-22-40)34(53)46-26(32(44)51)14-2-8-20-38/h26-31,45H,2-25,38-43H2,1H3,(H2,44,51)(H,46,53)(H,47,52)(H,48,55)(H,49,54)(H,50,56)/t26-,27-,28-,29-,30-,31-/m0/s1. The number of carbonyl (C=O) groups excluding carboxylic acids is 6. The number of unbranched alkanes of at least 4 members (excludes halogenated alkanes) is 6. The van der Waals surface area contributed by atoms with Crippen molar-refractivity contribution >= 4 is 35.4 Å². The first-order valence-electron chi connectivity index (χ1n) is 20.6. The van der Waals surface area contributed by atoms with Crippen LogP contribution in [0.1, 0.15) is 116 Å². The van der Waals surface area contributed by atoms with Gasteiger partial charge in [-0.1, -0.05) is 6.42 Å². The third kappa shape index (κ3) is 23.6. The number of primary amides is 1. The summed E-state index contributed by atoms with van der Waals surface area (Å²) in [4.78, 5) is 80.5. The Kier molecular flexibility index (Phi) is 31.6. The summed E-state index contributed by atoms with van der Waals surface area (Å²) in [6.45, 7) is 2.45. The average molecular weight is 800 g/mol. The Bertz CT molecular complexity index is 1120. The van der Waals surface area contributed by atoms with Crippen LogP contribution in [0.2, 0.25) is 0 Å². The number of likely N-dealkylation sites (N-methyl/N-ethyl adjacent to an activating group) is 1. The topological polar surface area (TPSA) is 357 Å². The first kappa shape index (κ1) is 52.5. The number of amides is 6. The van der Waals surface area contributed by atoms with Gasteiger partial charge in [0.2, 0.25) is 35.4 Å². The summed E-state index contributed by atoms with van der Waals surface area (Å²) in [5.74, 6) is -3.41. The van der Waals surface area contributed by atoms with E-state index in [0.29, 0.717) is 123 Å². The Labute approximate surface area is 334 Å². The molecule has 0 heterocycles. The molecule has 0 aromatic heterocycles. The van der Waals surface area contributed by atoms with Gasteiger partial charge in [0.25, 0.3) is 0 Å². The van der Waals surface area contributed by atoms with Gasteiger partial charge in [-0.3, -0.25) is 28.8 Å². The minimum atomic E-state index is -1.09. The molecule has 0 unspecified atom stereocenters. The van der Waals surface area contributed by atoms with Gasteiger partial charge >= 0.3 is 0 Å². The second-order valence-corrected chi connectivity index (χ2v) is 14.3. The molecule has 0 fully saturated rings. The number of nitrogens with one attached hydrogen (secondary N) is 6. The molecular formula is C37H77N13O6. The molecule has 0 rings (SSSR count). The summed E-state index contributed by atoms with van der Waals surface area (Å²) in [6.07, 6.45) is 8.90. The number of nitrogens with two attached hydrogens (primary N) is 7. The molecule has 0 aliphatic rings. The van der Waals surface area contributed by atoms with Gasteiger partial charge < -0.3 is 72.0 Å². The summed E-state index contributed by atoms with van der Waals surface area (Å²) < 4.78 is 0. The van der Waals surface area contributed by atoms with Crippen LogP contribution in [0.5, 0.6) is 0 Å². The van der Waals surface area contributed by atoms with Crippen LogP contribution in [0.25, 0.3) is 0 Å². The summed E-state index contributed by atoms with van der Waals surface area (Å²) in [5, 5.41) is 16.9. The summed E-state index contributed by atoms with van der Waals surface area (Å²) in [5.41, 5.74) is 39.6. The molecule has 326 valence electrons. The Morgan fingerprint density at radius 2 is 0.536 bits per heavy atom. The van der Waals surface area contributed by atoms with Crippen molar-refractivity contribution in [2.45, 2.75) is 152 Å². The number of carbonyl (C=O) groups is 6. The fourth-order valence-electron chi connectivity index (χ4n) is 6.09. The molecule has 0 saturated carbocycles. The average Bonchev–Trinajstić information content (AvgIpc) is 3.17. The molecule has 56 heavy (non-hydrogen) atoms. The highest BCUT2D eigenvalue weighted by Gasteiger charge is 2.32. The molecule has 0 spiro atoms. The Morgan fingerprint density at radius 3 is 0.750 bits per heavy atom. The van der Waals surface area contributed by atoms with Crippen molar-refractivity contribution in [3.8, 4) is 0 Å². The van der Waals surface area contributed by atoms with Crippen molar-refractivity contribution in [2.75, 3.05) is 46.3 Å². The van der Waals surface area contributed by atoms with Gasteiger partial charge in [-0.25, -0.2) is 0 Å². The Morgan fingerprint density at radius 1 is 0.339 bits per heavy atom. The molecule has 0 bridgehead atoms. The Balaban J connectivity index is 6.28. The van der Waals surface area contributed by atoms with E-state index in [1.807, 2.05) is 0 Å². The summed E-state index contributed by atoms with van der Waals surface area (Å²) in [6, 6.07) is -5.64. The molecule has 0 aromatic rings. The predicted octanol–water partition coefficient (Wildman–Crippen LogP) is -2.74. The smallest absolute Gasteiger partial charge is 0.243 e. The van der Waals surface area contributed by atoms with E-state index in [2.05, 4.69) is 31.9 Å². The second-order valence-electron chi connectivity index (χ2n) is 14.3. The molecule has 6 atom stereocenters. The van der Waals surface area contributed by atoms with Crippen molar-refractivity contribution in [2.24, 2.45) is 40.1 Å². The van der Waals surface area contributed by atoms with Crippen LogP contribution in [-0.4, -0.2) is 118 Å². The number of rotatable bonds is 36.